The monoisotopic (exact) mass is 436 g/mol. The Labute approximate surface area is 169 Å². The standard InChI is InChI=1S/C18H40O6Si3/c1-11-19-26(20-12-2,21-13-3)17(7)25(9,10)18(8)27(22-14-4,23-15-5)24-16-6/h7-8,11-16H2,1-6,9-10H3. The van der Waals surface area contributed by atoms with Crippen LogP contribution in [0.25, 0.3) is 0 Å². The van der Waals surface area contributed by atoms with Crippen molar-refractivity contribution in [2.75, 3.05) is 39.6 Å². The summed E-state index contributed by atoms with van der Waals surface area (Å²) in [6.07, 6.45) is 0. The molecule has 0 N–H and O–H groups in total. The Morgan fingerprint density at radius 1 is 0.519 bits per heavy atom. The van der Waals surface area contributed by atoms with E-state index in [4.69, 9.17) is 26.6 Å². The molecule has 0 spiro atoms. The van der Waals surface area contributed by atoms with Crippen molar-refractivity contribution in [2.45, 2.75) is 54.6 Å². The third kappa shape index (κ3) is 6.44. The molecule has 0 amide bonds. The normalized spacial score (nSPS) is 13.0. The van der Waals surface area contributed by atoms with Crippen molar-refractivity contribution in [3.05, 3.63) is 22.8 Å². The first-order chi connectivity index (χ1) is 12.7. The predicted octanol–water partition coefficient (Wildman–Crippen LogP) is 4.06. The lowest BCUT2D eigenvalue weighted by Gasteiger charge is -2.41. The van der Waals surface area contributed by atoms with Gasteiger partial charge in [-0.1, -0.05) is 13.1 Å². The van der Waals surface area contributed by atoms with Gasteiger partial charge >= 0.3 is 17.6 Å². The number of rotatable bonds is 16. The van der Waals surface area contributed by atoms with Gasteiger partial charge in [-0.05, 0) is 51.2 Å². The number of hydrogen-bond acceptors (Lipinski definition) is 6. The van der Waals surface area contributed by atoms with Crippen LogP contribution in [0.5, 0.6) is 0 Å². The lowest BCUT2D eigenvalue weighted by atomic mass is 10.9. The van der Waals surface area contributed by atoms with Gasteiger partial charge in [0.15, 0.2) is 0 Å². The van der Waals surface area contributed by atoms with Crippen molar-refractivity contribution in [3.63, 3.8) is 0 Å². The summed E-state index contributed by atoms with van der Waals surface area (Å²) in [7, 11) is -8.59. The molecular weight excluding hydrogens is 396 g/mol. The van der Waals surface area contributed by atoms with E-state index in [1.807, 2.05) is 41.5 Å². The molecule has 0 saturated carbocycles. The fourth-order valence-electron chi connectivity index (χ4n) is 2.86. The minimum Gasteiger partial charge on any atom is -0.371 e. The molecule has 0 fully saturated rings. The van der Waals surface area contributed by atoms with E-state index in [0.29, 0.717) is 39.6 Å². The van der Waals surface area contributed by atoms with Gasteiger partial charge in [-0.15, -0.1) is 13.2 Å². The highest BCUT2D eigenvalue weighted by molar-refractivity contribution is 7.11. The Bertz CT molecular complexity index is 396. The molecule has 27 heavy (non-hydrogen) atoms. The third-order valence-electron chi connectivity index (χ3n) is 4.25. The summed E-state index contributed by atoms with van der Waals surface area (Å²) in [4.78, 5) is 1.75. The van der Waals surface area contributed by atoms with Crippen LogP contribution < -0.4 is 0 Å². The quantitative estimate of drug-likeness (QED) is 0.340. The molecule has 0 rings (SSSR count). The van der Waals surface area contributed by atoms with Crippen LogP contribution in [0.15, 0.2) is 22.8 Å². The Morgan fingerprint density at radius 3 is 0.852 bits per heavy atom. The molecule has 0 bridgehead atoms. The fourth-order valence-corrected chi connectivity index (χ4v) is 15.8. The van der Waals surface area contributed by atoms with Crippen LogP contribution in [0.1, 0.15) is 41.5 Å². The van der Waals surface area contributed by atoms with E-state index in [2.05, 4.69) is 26.3 Å². The van der Waals surface area contributed by atoms with E-state index < -0.39 is 25.7 Å². The van der Waals surface area contributed by atoms with E-state index in [-0.39, 0.29) is 0 Å². The molecule has 0 saturated heterocycles. The molecule has 0 radical (unpaired) electrons. The zero-order valence-corrected chi connectivity index (χ0v) is 21.6. The highest BCUT2D eigenvalue weighted by atomic mass is 28.5. The molecule has 0 heterocycles. The summed E-state index contributed by atoms with van der Waals surface area (Å²) in [6, 6.07) is 0. The van der Waals surface area contributed by atoms with Crippen LogP contribution >= 0.6 is 0 Å². The predicted molar refractivity (Wildman–Crippen MR) is 117 cm³/mol. The average Bonchev–Trinajstić information content (AvgIpc) is 2.61. The molecule has 0 aliphatic heterocycles. The van der Waals surface area contributed by atoms with Crippen molar-refractivity contribution in [1.29, 1.82) is 0 Å². The van der Waals surface area contributed by atoms with Crippen molar-refractivity contribution in [1.82, 2.24) is 0 Å². The molecule has 0 aliphatic carbocycles. The van der Waals surface area contributed by atoms with Gasteiger partial charge in [-0.2, -0.15) is 0 Å². The molecule has 0 atom stereocenters. The second-order valence-electron chi connectivity index (χ2n) is 6.29. The van der Waals surface area contributed by atoms with Gasteiger partial charge in [0.25, 0.3) is 0 Å². The SMILES string of the molecule is C=C([Si](OCC)(OCC)OCC)[Si](C)(C)C(=C)[Si](OCC)(OCC)OCC. The summed E-state index contributed by atoms with van der Waals surface area (Å²) in [6.45, 7) is 27.8. The van der Waals surface area contributed by atoms with Crippen molar-refractivity contribution in [2.24, 2.45) is 0 Å². The second kappa shape index (κ2) is 12.5. The Morgan fingerprint density at radius 2 is 0.704 bits per heavy atom. The fraction of sp³-hybridized carbons (Fsp3) is 0.778. The molecular formula is C18H40O6Si3. The highest BCUT2D eigenvalue weighted by Gasteiger charge is 2.58. The summed E-state index contributed by atoms with van der Waals surface area (Å²) in [5.74, 6) is 0. The largest absolute Gasteiger partial charge is 0.528 e. The van der Waals surface area contributed by atoms with Crippen molar-refractivity contribution < 1.29 is 26.6 Å². The first-order valence-electron chi connectivity index (χ1n) is 9.91. The third-order valence-corrected chi connectivity index (χ3v) is 18.3. The van der Waals surface area contributed by atoms with Crippen molar-refractivity contribution in [3.8, 4) is 0 Å². The molecule has 160 valence electrons. The second-order valence-corrected chi connectivity index (χ2v) is 16.9. The molecule has 6 nitrogen and oxygen atoms in total. The molecule has 0 aliphatic rings. The average molecular weight is 437 g/mol. The van der Waals surface area contributed by atoms with E-state index >= 15 is 0 Å². The molecule has 0 aromatic heterocycles. The van der Waals surface area contributed by atoms with Gasteiger partial charge in [-0.3, -0.25) is 0 Å². The Hall–Kier alpha value is -0.109. The maximum absolute atomic E-state index is 6.08. The van der Waals surface area contributed by atoms with Crippen molar-refractivity contribution >= 4 is 25.7 Å². The van der Waals surface area contributed by atoms with Gasteiger partial charge in [0.2, 0.25) is 0 Å². The first kappa shape index (κ1) is 26.9. The summed E-state index contributed by atoms with van der Waals surface area (Å²) < 4.78 is 36.5. The lowest BCUT2D eigenvalue weighted by Crippen LogP contribution is -2.61. The molecule has 9 heteroatoms. The summed E-state index contributed by atoms with van der Waals surface area (Å²) in [5, 5.41) is 0. The van der Waals surface area contributed by atoms with Gasteiger partial charge in [0, 0.05) is 39.6 Å². The topological polar surface area (TPSA) is 55.4 Å². The maximum Gasteiger partial charge on any atom is 0.528 e. The zero-order chi connectivity index (χ0) is 21.1. The van der Waals surface area contributed by atoms with E-state index in [1.165, 1.54) is 0 Å². The minimum atomic E-state index is -3.08. The van der Waals surface area contributed by atoms with Crippen LogP contribution in [0.2, 0.25) is 13.1 Å². The first-order valence-corrected chi connectivity index (χ1v) is 16.4. The maximum atomic E-state index is 6.08. The van der Waals surface area contributed by atoms with Crippen LogP contribution in [-0.2, 0) is 26.6 Å². The van der Waals surface area contributed by atoms with Gasteiger partial charge in [0.05, 0.1) is 0 Å². The van der Waals surface area contributed by atoms with E-state index in [9.17, 15) is 0 Å². The minimum absolute atomic E-state index is 0.493. The molecule has 0 unspecified atom stereocenters. The molecule has 0 aromatic carbocycles. The van der Waals surface area contributed by atoms with Gasteiger partial charge in [-0.25, -0.2) is 0 Å². The number of hydrogen-bond donors (Lipinski definition) is 0. The Kier molecular flexibility index (Phi) is 12.4. The summed E-state index contributed by atoms with van der Waals surface area (Å²) in [5.41, 5.74) is 0. The lowest BCUT2D eigenvalue weighted by molar-refractivity contribution is 0.0818. The smallest absolute Gasteiger partial charge is 0.371 e. The zero-order valence-electron chi connectivity index (χ0n) is 18.6. The van der Waals surface area contributed by atoms with Crippen LogP contribution in [0.4, 0.5) is 0 Å². The Balaban J connectivity index is 6.12. The van der Waals surface area contributed by atoms with E-state index in [0.717, 1.165) is 9.64 Å². The summed E-state index contributed by atoms with van der Waals surface area (Å²) >= 11 is 0. The van der Waals surface area contributed by atoms with Gasteiger partial charge in [0.1, 0.15) is 8.07 Å². The van der Waals surface area contributed by atoms with E-state index in [1.54, 1.807) is 0 Å². The molecule has 0 aromatic rings. The highest BCUT2D eigenvalue weighted by Crippen LogP contribution is 2.36. The van der Waals surface area contributed by atoms with Crippen LogP contribution in [0, 0.1) is 0 Å². The van der Waals surface area contributed by atoms with Gasteiger partial charge < -0.3 is 26.6 Å². The van der Waals surface area contributed by atoms with Crippen LogP contribution in [-0.4, -0.2) is 65.3 Å². The van der Waals surface area contributed by atoms with Crippen LogP contribution in [0.3, 0.4) is 0 Å².